The van der Waals surface area contributed by atoms with Crippen LogP contribution < -0.4 is 16.4 Å². The van der Waals surface area contributed by atoms with Crippen LogP contribution in [0, 0.1) is 0 Å². The van der Waals surface area contributed by atoms with Crippen molar-refractivity contribution in [2.24, 2.45) is 5.73 Å². The van der Waals surface area contributed by atoms with Crippen LogP contribution in [-0.4, -0.2) is 70.3 Å². The Balaban J connectivity index is 1.77. The largest absolute Gasteiger partial charge is 0.368 e. The summed E-state index contributed by atoms with van der Waals surface area (Å²) < 4.78 is 0. The fourth-order valence-electron chi connectivity index (χ4n) is 3.96. The van der Waals surface area contributed by atoms with E-state index >= 15 is 0 Å². The Morgan fingerprint density at radius 3 is 2.74 bits per heavy atom. The molecular weight excluding hydrogens is 436 g/mol. The van der Waals surface area contributed by atoms with Crippen molar-refractivity contribution in [3.63, 3.8) is 0 Å². The van der Waals surface area contributed by atoms with E-state index in [9.17, 15) is 19.2 Å². The van der Waals surface area contributed by atoms with Gasteiger partial charge in [-0.1, -0.05) is 30.3 Å². The summed E-state index contributed by atoms with van der Waals surface area (Å²) in [5, 5.41) is 5.66. The lowest BCUT2D eigenvalue weighted by molar-refractivity contribution is -0.141. The SMILES string of the molecule is CSCC[C@@H](NC(=O)C1NC(=O)CCC1c1ccccc1)C(=O)N1CSCC1C(N)=O. The van der Waals surface area contributed by atoms with Crippen molar-refractivity contribution in [1.82, 2.24) is 15.5 Å². The topological polar surface area (TPSA) is 122 Å². The van der Waals surface area contributed by atoms with Crippen LogP contribution in [0.5, 0.6) is 0 Å². The van der Waals surface area contributed by atoms with Gasteiger partial charge in [-0.15, -0.1) is 11.8 Å². The van der Waals surface area contributed by atoms with E-state index in [1.807, 2.05) is 36.6 Å². The molecule has 4 N–H and O–H groups in total. The number of piperidine rings is 1. The molecule has 8 nitrogen and oxygen atoms in total. The molecule has 0 aliphatic carbocycles. The van der Waals surface area contributed by atoms with Gasteiger partial charge in [-0.25, -0.2) is 0 Å². The van der Waals surface area contributed by atoms with Gasteiger partial charge in [0.05, 0.1) is 5.88 Å². The van der Waals surface area contributed by atoms with Gasteiger partial charge in [-0.3, -0.25) is 19.2 Å². The Hall–Kier alpha value is -2.20. The second-order valence-electron chi connectivity index (χ2n) is 7.67. The molecule has 1 aromatic rings. The van der Waals surface area contributed by atoms with Gasteiger partial charge in [0.15, 0.2) is 0 Å². The molecule has 0 aromatic heterocycles. The molecule has 31 heavy (non-hydrogen) atoms. The minimum absolute atomic E-state index is 0.170. The van der Waals surface area contributed by atoms with Crippen molar-refractivity contribution in [2.75, 3.05) is 23.6 Å². The summed E-state index contributed by atoms with van der Waals surface area (Å²) in [5.41, 5.74) is 6.43. The van der Waals surface area contributed by atoms with E-state index in [0.29, 0.717) is 36.6 Å². The number of primary amides is 1. The van der Waals surface area contributed by atoms with Gasteiger partial charge in [0.25, 0.3) is 0 Å². The number of hydrogen-bond donors (Lipinski definition) is 3. The van der Waals surface area contributed by atoms with Gasteiger partial charge < -0.3 is 21.3 Å². The molecule has 3 unspecified atom stereocenters. The molecular formula is C21H28N4O4S2. The number of hydrogen-bond acceptors (Lipinski definition) is 6. The number of carbonyl (C=O) groups excluding carboxylic acids is 4. The molecule has 0 bridgehead atoms. The molecule has 1 aromatic carbocycles. The number of rotatable bonds is 8. The highest BCUT2D eigenvalue weighted by Crippen LogP contribution is 2.29. The zero-order valence-corrected chi connectivity index (χ0v) is 19.0. The van der Waals surface area contributed by atoms with Crippen LogP contribution in [0.1, 0.15) is 30.7 Å². The highest BCUT2D eigenvalue weighted by Gasteiger charge is 2.40. The highest BCUT2D eigenvalue weighted by molar-refractivity contribution is 7.99. The predicted octanol–water partition coefficient (Wildman–Crippen LogP) is 0.673. The maximum atomic E-state index is 13.2. The maximum Gasteiger partial charge on any atom is 0.246 e. The quantitative estimate of drug-likeness (QED) is 0.520. The molecule has 2 heterocycles. The van der Waals surface area contributed by atoms with Crippen LogP contribution >= 0.6 is 23.5 Å². The minimum atomic E-state index is -0.782. The summed E-state index contributed by atoms with van der Waals surface area (Å²) in [6, 6.07) is 7.39. The third kappa shape index (κ3) is 5.74. The molecule has 2 aliphatic rings. The van der Waals surface area contributed by atoms with E-state index < -0.39 is 24.0 Å². The number of nitrogens with zero attached hydrogens (tertiary/aromatic N) is 1. The summed E-state index contributed by atoms with van der Waals surface area (Å²) in [4.78, 5) is 51.7. The van der Waals surface area contributed by atoms with Crippen LogP contribution in [0.4, 0.5) is 0 Å². The Morgan fingerprint density at radius 1 is 1.32 bits per heavy atom. The first-order valence-electron chi connectivity index (χ1n) is 10.2. The lowest BCUT2D eigenvalue weighted by Gasteiger charge is -2.33. The fraction of sp³-hybridized carbons (Fsp3) is 0.524. The number of carbonyl (C=O) groups is 4. The number of thioether (sulfide) groups is 2. The predicted molar refractivity (Wildman–Crippen MR) is 122 cm³/mol. The average molecular weight is 465 g/mol. The number of amides is 4. The van der Waals surface area contributed by atoms with Gasteiger partial charge in [-0.2, -0.15) is 11.8 Å². The Morgan fingerprint density at radius 2 is 2.06 bits per heavy atom. The zero-order chi connectivity index (χ0) is 22.4. The van der Waals surface area contributed by atoms with Crippen molar-refractivity contribution in [1.29, 1.82) is 0 Å². The van der Waals surface area contributed by atoms with E-state index in [0.717, 1.165) is 5.56 Å². The normalized spacial score (nSPS) is 24.4. The van der Waals surface area contributed by atoms with Crippen LogP contribution in [0.15, 0.2) is 30.3 Å². The molecule has 2 fully saturated rings. The van der Waals surface area contributed by atoms with Crippen molar-refractivity contribution in [3.05, 3.63) is 35.9 Å². The molecule has 4 amide bonds. The molecule has 3 rings (SSSR count). The fourth-order valence-corrected chi connectivity index (χ4v) is 5.61. The molecule has 168 valence electrons. The number of nitrogens with two attached hydrogens (primary N) is 1. The van der Waals surface area contributed by atoms with E-state index in [4.69, 9.17) is 5.73 Å². The summed E-state index contributed by atoms with van der Waals surface area (Å²) in [5.74, 6) is -0.0996. The standard InChI is InChI=1S/C21H28N4O4S2/c1-30-10-9-15(21(29)25-12-31-11-16(25)19(22)27)23-20(28)18-14(7-8-17(26)24-18)13-5-3-2-4-6-13/h2-6,14-16,18H,7-12H2,1H3,(H2,22,27)(H,23,28)(H,24,26)/t14?,15-,16?,18?/m1/s1. The molecule has 10 heteroatoms. The van der Waals surface area contributed by atoms with Gasteiger partial charge in [0.2, 0.25) is 23.6 Å². The number of benzene rings is 1. The van der Waals surface area contributed by atoms with E-state index in [1.165, 1.54) is 16.7 Å². The second-order valence-corrected chi connectivity index (χ2v) is 9.66. The van der Waals surface area contributed by atoms with Gasteiger partial charge >= 0.3 is 0 Å². The first-order chi connectivity index (χ1) is 14.9. The summed E-state index contributed by atoms with van der Waals surface area (Å²) in [6.45, 7) is 0. The van der Waals surface area contributed by atoms with E-state index in [1.54, 1.807) is 11.8 Å². The summed E-state index contributed by atoms with van der Waals surface area (Å²) >= 11 is 3.03. The smallest absolute Gasteiger partial charge is 0.246 e. The molecule has 4 atom stereocenters. The average Bonchev–Trinajstić information content (AvgIpc) is 3.27. The first kappa shape index (κ1) is 23.5. The molecule has 0 spiro atoms. The van der Waals surface area contributed by atoms with Crippen molar-refractivity contribution >= 4 is 47.2 Å². The third-order valence-corrected chi connectivity index (χ3v) is 7.29. The van der Waals surface area contributed by atoms with Gasteiger partial charge in [0, 0.05) is 18.1 Å². The van der Waals surface area contributed by atoms with Crippen molar-refractivity contribution in [3.8, 4) is 0 Å². The lowest BCUT2D eigenvalue weighted by Crippen LogP contribution is -2.58. The first-order valence-corrected chi connectivity index (χ1v) is 12.8. The Bertz CT molecular complexity index is 823. The van der Waals surface area contributed by atoms with Crippen LogP contribution in [0.25, 0.3) is 0 Å². The Kier molecular flexibility index (Phi) is 8.25. The minimum Gasteiger partial charge on any atom is -0.368 e. The Labute approximate surface area is 190 Å². The van der Waals surface area contributed by atoms with Crippen LogP contribution in [0.2, 0.25) is 0 Å². The molecule has 0 radical (unpaired) electrons. The van der Waals surface area contributed by atoms with Gasteiger partial charge in [-0.05, 0) is 30.4 Å². The van der Waals surface area contributed by atoms with Gasteiger partial charge in [0.1, 0.15) is 18.1 Å². The van der Waals surface area contributed by atoms with Crippen LogP contribution in [-0.2, 0) is 19.2 Å². The van der Waals surface area contributed by atoms with Crippen molar-refractivity contribution in [2.45, 2.75) is 43.3 Å². The van der Waals surface area contributed by atoms with E-state index in [-0.39, 0.29) is 23.6 Å². The van der Waals surface area contributed by atoms with Crippen molar-refractivity contribution < 1.29 is 19.2 Å². The monoisotopic (exact) mass is 464 g/mol. The molecule has 0 saturated carbocycles. The highest BCUT2D eigenvalue weighted by atomic mass is 32.2. The molecule has 2 aliphatic heterocycles. The maximum absolute atomic E-state index is 13.2. The zero-order valence-electron chi connectivity index (χ0n) is 17.4. The third-order valence-electron chi connectivity index (χ3n) is 5.63. The lowest BCUT2D eigenvalue weighted by atomic mass is 9.84. The molecule has 2 saturated heterocycles. The second kappa shape index (κ2) is 10.9. The summed E-state index contributed by atoms with van der Waals surface area (Å²) in [6.07, 6.45) is 3.26. The summed E-state index contributed by atoms with van der Waals surface area (Å²) in [7, 11) is 0. The number of nitrogens with one attached hydrogen (secondary N) is 2. The van der Waals surface area contributed by atoms with E-state index in [2.05, 4.69) is 10.6 Å². The van der Waals surface area contributed by atoms with Crippen LogP contribution in [0.3, 0.4) is 0 Å².